The van der Waals surface area contributed by atoms with Gasteiger partial charge in [0, 0.05) is 18.1 Å². The second-order valence-electron chi connectivity index (χ2n) is 4.11. The van der Waals surface area contributed by atoms with Crippen LogP contribution >= 0.6 is 23.2 Å². The van der Waals surface area contributed by atoms with E-state index in [-0.39, 0.29) is 32.2 Å². The van der Waals surface area contributed by atoms with Gasteiger partial charge >= 0.3 is 0 Å². The number of ether oxygens (including phenoxy) is 1. The predicted molar refractivity (Wildman–Crippen MR) is 77.3 cm³/mol. The smallest absolute Gasteiger partial charge is 0.263 e. The van der Waals surface area contributed by atoms with Crippen molar-refractivity contribution in [2.75, 3.05) is 26.3 Å². The third-order valence-corrected chi connectivity index (χ3v) is 3.13. The van der Waals surface area contributed by atoms with Crippen LogP contribution in [0, 0.1) is 0 Å². The maximum absolute atomic E-state index is 12.1. The van der Waals surface area contributed by atoms with Crippen LogP contribution in [0.4, 0.5) is 0 Å². The van der Waals surface area contributed by atoms with Gasteiger partial charge in [-0.2, -0.15) is 0 Å². The Labute approximate surface area is 127 Å². The molecule has 0 aromatic heterocycles. The molecule has 0 spiro atoms. The minimum Gasteiger partial charge on any atom is -0.479 e. The molecule has 1 aromatic rings. The van der Waals surface area contributed by atoms with Gasteiger partial charge in [0.2, 0.25) is 0 Å². The van der Waals surface area contributed by atoms with Gasteiger partial charge in [0.25, 0.3) is 5.91 Å². The number of rotatable bonds is 7. The average molecular weight is 322 g/mol. The van der Waals surface area contributed by atoms with Gasteiger partial charge in [-0.05, 0) is 25.1 Å². The Morgan fingerprint density at radius 2 is 1.90 bits per heavy atom. The van der Waals surface area contributed by atoms with Crippen LogP contribution in [0.1, 0.15) is 6.92 Å². The summed E-state index contributed by atoms with van der Waals surface area (Å²) in [6.45, 7) is 1.50. The first-order valence-electron chi connectivity index (χ1n) is 6.11. The van der Waals surface area contributed by atoms with E-state index >= 15 is 0 Å². The fourth-order valence-electron chi connectivity index (χ4n) is 1.64. The van der Waals surface area contributed by atoms with Crippen LogP contribution in [-0.4, -0.2) is 53.4 Å². The lowest BCUT2D eigenvalue weighted by molar-refractivity contribution is -0.139. The average Bonchev–Trinajstić information content (AvgIpc) is 2.40. The van der Waals surface area contributed by atoms with Gasteiger partial charge in [-0.3, -0.25) is 4.79 Å². The van der Waals surface area contributed by atoms with E-state index in [0.717, 1.165) is 0 Å². The summed E-state index contributed by atoms with van der Waals surface area (Å²) >= 11 is 11.7. The normalized spacial score (nSPS) is 12.1. The Balaban J connectivity index is 2.73. The van der Waals surface area contributed by atoms with Crippen LogP contribution in [-0.2, 0) is 4.79 Å². The zero-order valence-corrected chi connectivity index (χ0v) is 12.6. The van der Waals surface area contributed by atoms with Crippen molar-refractivity contribution in [1.29, 1.82) is 0 Å². The molecule has 2 N–H and O–H groups in total. The highest BCUT2D eigenvalue weighted by molar-refractivity contribution is 6.35. The van der Waals surface area contributed by atoms with Crippen LogP contribution in [0.3, 0.4) is 0 Å². The third kappa shape index (κ3) is 4.83. The number of nitrogens with zero attached hydrogens (tertiary/aromatic N) is 1. The van der Waals surface area contributed by atoms with E-state index < -0.39 is 6.10 Å². The molecular formula is C13H17Cl2NO4. The first kappa shape index (κ1) is 17.0. The molecule has 0 saturated carbocycles. The van der Waals surface area contributed by atoms with Gasteiger partial charge in [0.1, 0.15) is 5.75 Å². The fraction of sp³-hybridized carbons (Fsp3) is 0.462. The zero-order valence-electron chi connectivity index (χ0n) is 11.1. The molecule has 0 bridgehead atoms. The quantitative estimate of drug-likeness (QED) is 0.799. The van der Waals surface area contributed by atoms with Crippen LogP contribution in [0.25, 0.3) is 0 Å². The number of halogens is 2. The van der Waals surface area contributed by atoms with Crippen LogP contribution in [0.15, 0.2) is 18.2 Å². The van der Waals surface area contributed by atoms with E-state index in [9.17, 15) is 4.79 Å². The molecule has 0 radical (unpaired) electrons. The Morgan fingerprint density at radius 3 is 2.40 bits per heavy atom. The Hall–Kier alpha value is -1.01. The van der Waals surface area contributed by atoms with E-state index in [4.69, 9.17) is 38.2 Å². The molecular weight excluding hydrogens is 305 g/mol. The van der Waals surface area contributed by atoms with Gasteiger partial charge in [-0.25, -0.2) is 0 Å². The highest BCUT2D eigenvalue weighted by Crippen LogP contribution is 2.28. The third-order valence-electron chi connectivity index (χ3n) is 2.60. The van der Waals surface area contributed by atoms with Gasteiger partial charge < -0.3 is 19.8 Å². The van der Waals surface area contributed by atoms with Crippen molar-refractivity contribution in [3.05, 3.63) is 28.2 Å². The van der Waals surface area contributed by atoms with Crippen LogP contribution in [0.5, 0.6) is 5.75 Å². The lowest BCUT2D eigenvalue weighted by Gasteiger charge is -2.25. The Kier molecular flexibility index (Phi) is 7.09. The molecule has 1 amide bonds. The topological polar surface area (TPSA) is 70.0 Å². The van der Waals surface area contributed by atoms with Gasteiger partial charge in [-0.1, -0.05) is 23.2 Å². The Bertz CT molecular complexity index is 450. The molecule has 20 heavy (non-hydrogen) atoms. The second-order valence-corrected chi connectivity index (χ2v) is 4.95. The van der Waals surface area contributed by atoms with E-state index in [1.807, 2.05) is 0 Å². The first-order valence-corrected chi connectivity index (χ1v) is 6.87. The summed E-state index contributed by atoms with van der Waals surface area (Å²) in [5, 5.41) is 18.6. The maximum Gasteiger partial charge on any atom is 0.263 e. The molecule has 7 heteroatoms. The zero-order chi connectivity index (χ0) is 15.1. The van der Waals surface area contributed by atoms with Crippen LogP contribution in [0.2, 0.25) is 10.0 Å². The molecule has 0 fully saturated rings. The molecule has 1 aromatic carbocycles. The number of amides is 1. The summed E-state index contributed by atoms with van der Waals surface area (Å²) in [4.78, 5) is 13.4. The molecule has 0 aliphatic carbocycles. The second kappa shape index (κ2) is 8.32. The largest absolute Gasteiger partial charge is 0.479 e. The lowest BCUT2D eigenvalue weighted by atomic mass is 10.3. The van der Waals surface area contributed by atoms with Crippen molar-refractivity contribution >= 4 is 29.1 Å². The van der Waals surface area contributed by atoms with E-state index in [1.165, 1.54) is 11.0 Å². The monoisotopic (exact) mass is 321 g/mol. The van der Waals surface area contributed by atoms with Gasteiger partial charge in [-0.15, -0.1) is 0 Å². The summed E-state index contributed by atoms with van der Waals surface area (Å²) in [6.07, 6.45) is -0.785. The highest BCUT2D eigenvalue weighted by Gasteiger charge is 2.22. The maximum atomic E-state index is 12.1. The number of benzene rings is 1. The van der Waals surface area contributed by atoms with E-state index in [1.54, 1.807) is 19.1 Å². The van der Waals surface area contributed by atoms with E-state index in [0.29, 0.717) is 15.8 Å². The summed E-state index contributed by atoms with van der Waals surface area (Å²) in [5.74, 6) is 0.0176. The van der Waals surface area contributed by atoms with Crippen molar-refractivity contribution in [1.82, 2.24) is 4.90 Å². The SMILES string of the molecule is CC(Oc1ccc(Cl)cc1Cl)C(=O)N(CCO)CCO. The van der Waals surface area contributed by atoms with Crippen molar-refractivity contribution in [3.8, 4) is 5.75 Å². The summed E-state index contributed by atoms with van der Waals surface area (Å²) in [5.41, 5.74) is 0. The predicted octanol–water partition coefficient (Wildman–Crippen LogP) is 1.57. The highest BCUT2D eigenvalue weighted by atomic mass is 35.5. The number of aliphatic hydroxyl groups is 2. The molecule has 0 saturated heterocycles. The number of aliphatic hydroxyl groups excluding tert-OH is 2. The fourth-order valence-corrected chi connectivity index (χ4v) is 2.10. The van der Waals surface area contributed by atoms with Crippen molar-refractivity contribution in [2.45, 2.75) is 13.0 Å². The molecule has 1 rings (SSSR count). The molecule has 1 atom stereocenters. The van der Waals surface area contributed by atoms with Crippen molar-refractivity contribution < 1.29 is 19.7 Å². The minimum absolute atomic E-state index is 0.140. The van der Waals surface area contributed by atoms with Crippen molar-refractivity contribution in [3.63, 3.8) is 0 Å². The number of hydrogen-bond acceptors (Lipinski definition) is 4. The molecule has 5 nitrogen and oxygen atoms in total. The van der Waals surface area contributed by atoms with Crippen LogP contribution < -0.4 is 4.74 Å². The van der Waals surface area contributed by atoms with Gasteiger partial charge in [0.15, 0.2) is 6.10 Å². The van der Waals surface area contributed by atoms with E-state index in [2.05, 4.69) is 0 Å². The number of carbonyl (C=O) groups is 1. The first-order chi connectivity index (χ1) is 9.49. The lowest BCUT2D eigenvalue weighted by Crippen LogP contribution is -2.43. The molecule has 1 unspecified atom stereocenters. The molecule has 0 aliphatic heterocycles. The molecule has 112 valence electrons. The summed E-state index contributed by atoms with van der Waals surface area (Å²) in [6, 6.07) is 4.71. The summed E-state index contributed by atoms with van der Waals surface area (Å²) < 4.78 is 5.49. The number of hydrogen-bond donors (Lipinski definition) is 2. The Morgan fingerprint density at radius 1 is 1.30 bits per heavy atom. The molecule has 0 heterocycles. The molecule has 0 aliphatic rings. The minimum atomic E-state index is -0.785. The van der Waals surface area contributed by atoms with Gasteiger partial charge in [0.05, 0.1) is 18.2 Å². The summed E-state index contributed by atoms with van der Waals surface area (Å²) in [7, 11) is 0. The van der Waals surface area contributed by atoms with Crippen molar-refractivity contribution in [2.24, 2.45) is 0 Å². The number of carbonyl (C=O) groups excluding carboxylic acids is 1. The standard InChI is InChI=1S/C13H17Cl2NO4/c1-9(13(19)16(4-6-17)5-7-18)20-12-3-2-10(14)8-11(12)15/h2-3,8-9,17-18H,4-7H2,1H3.